The molecule has 0 atom stereocenters. The van der Waals surface area contributed by atoms with Crippen molar-refractivity contribution in [3.05, 3.63) is 71.3 Å². The molecule has 0 heterocycles. The summed E-state index contributed by atoms with van der Waals surface area (Å²) in [5, 5.41) is 12.3. The normalized spacial score (nSPS) is 9.71. The average molecular weight is 279 g/mol. The van der Waals surface area contributed by atoms with Crippen molar-refractivity contribution < 1.29 is 9.90 Å². The van der Waals surface area contributed by atoms with Gasteiger partial charge in [-0.25, -0.2) is 4.79 Å². The maximum Gasteiger partial charge on any atom is 0.335 e. The number of carboxylic acids is 1. The van der Waals surface area contributed by atoms with Crippen LogP contribution in [0.2, 0.25) is 0 Å². The lowest BCUT2D eigenvalue weighted by Crippen LogP contribution is -2.18. The van der Waals surface area contributed by atoms with Gasteiger partial charge in [-0.05, 0) is 30.2 Å². The van der Waals surface area contributed by atoms with Gasteiger partial charge >= 0.3 is 5.97 Å². The monoisotopic (exact) mass is 279 g/mol. The molecule has 106 valence electrons. The zero-order valence-electron chi connectivity index (χ0n) is 11.7. The van der Waals surface area contributed by atoms with Crippen LogP contribution in [0.3, 0.4) is 0 Å². The Morgan fingerprint density at radius 3 is 2.52 bits per heavy atom. The molecular weight excluding hydrogens is 262 g/mol. The van der Waals surface area contributed by atoms with Crippen LogP contribution in [0.25, 0.3) is 0 Å². The fourth-order valence-electron chi connectivity index (χ4n) is 1.99. The second-order valence-corrected chi connectivity index (χ2v) is 4.56. The molecule has 21 heavy (non-hydrogen) atoms. The molecule has 0 saturated heterocycles. The summed E-state index contributed by atoms with van der Waals surface area (Å²) in [5.41, 5.74) is 2.21. The van der Waals surface area contributed by atoms with Crippen LogP contribution < -0.4 is 5.32 Å². The van der Waals surface area contributed by atoms with Gasteiger partial charge in [-0.2, -0.15) is 0 Å². The summed E-state index contributed by atoms with van der Waals surface area (Å²) in [5.74, 6) is 5.23. The van der Waals surface area contributed by atoms with Crippen LogP contribution in [-0.2, 0) is 6.42 Å². The van der Waals surface area contributed by atoms with Crippen LogP contribution in [0.5, 0.6) is 0 Å². The van der Waals surface area contributed by atoms with E-state index in [0.29, 0.717) is 25.1 Å². The maximum atomic E-state index is 11.1. The minimum atomic E-state index is -0.880. The lowest BCUT2D eigenvalue weighted by Gasteiger charge is -2.05. The Kier molecular flexibility index (Phi) is 5.57. The molecule has 0 fully saturated rings. The number of benzene rings is 2. The van der Waals surface area contributed by atoms with Crippen LogP contribution >= 0.6 is 0 Å². The number of hydrogen-bond donors (Lipinski definition) is 2. The van der Waals surface area contributed by atoms with Gasteiger partial charge in [0, 0.05) is 12.1 Å². The number of nitrogens with one attached hydrogen (secondary N) is 1. The Labute approximate surface area is 124 Å². The van der Waals surface area contributed by atoms with Gasteiger partial charge in [0.1, 0.15) is 0 Å². The summed E-state index contributed by atoms with van der Waals surface area (Å²) in [7, 11) is 0. The third kappa shape index (κ3) is 4.79. The van der Waals surface area contributed by atoms with Crippen molar-refractivity contribution in [2.24, 2.45) is 0 Å². The van der Waals surface area contributed by atoms with Crippen LogP contribution in [0.1, 0.15) is 21.5 Å². The van der Waals surface area contributed by atoms with E-state index >= 15 is 0 Å². The number of carbonyl (C=O) groups is 1. The molecule has 0 radical (unpaired) electrons. The van der Waals surface area contributed by atoms with Gasteiger partial charge in [0.15, 0.2) is 0 Å². The first-order chi connectivity index (χ1) is 10.3. The molecule has 2 aromatic carbocycles. The lowest BCUT2D eigenvalue weighted by molar-refractivity contribution is 0.0695. The Balaban J connectivity index is 1.78. The summed E-state index contributed by atoms with van der Waals surface area (Å²) >= 11 is 0. The summed E-state index contributed by atoms with van der Waals surface area (Å²) in [6.45, 7) is 1.29. The Morgan fingerprint density at radius 1 is 1.05 bits per heavy atom. The van der Waals surface area contributed by atoms with Crippen LogP contribution in [0.4, 0.5) is 0 Å². The summed E-state index contributed by atoms with van der Waals surface area (Å²) in [6.07, 6.45) is 0.676. The molecule has 0 aliphatic heterocycles. The summed E-state index contributed by atoms with van der Waals surface area (Å²) in [6, 6.07) is 16.9. The van der Waals surface area contributed by atoms with Gasteiger partial charge in [0.05, 0.1) is 12.1 Å². The highest BCUT2D eigenvalue weighted by atomic mass is 16.4. The molecule has 0 aromatic heterocycles. The third-order valence-electron chi connectivity index (χ3n) is 3.04. The maximum absolute atomic E-state index is 11.1. The van der Waals surface area contributed by atoms with Crippen LogP contribution in [0.15, 0.2) is 54.6 Å². The smallest absolute Gasteiger partial charge is 0.335 e. The Bertz CT molecular complexity index is 654. The van der Waals surface area contributed by atoms with Crippen LogP contribution in [-0.4, -0.2) is 24.2 Å². The second-order valence-electron chi connectivity index (χ2n) is 4.56. The van der Waals surface area contributed by atoms with Crippen molar-refractivity contribution in [2.45, 2.75) is 6.42 Å². The molecule has 0 spiro atoms. The van der Waals surface area contributed by atoms with Gasteiger partial charge in [-0.15, -0.1) is 0 Å². The molecule has 3 nitrogen and oxygen atoms in total. The van der Waals surface area contributed by atoms with E-state index in [1.165, 1.54) is 0 Å². The minimum Gasteiger partial charge on any atom is -0.478 e. The largest absolute Gasteiger partial charge is 0.478 e. The zero-order valence-corrected chi connectivity index (χ0v) is 11.7. The van der Waals surface area contributed by atoms with Crippen molar-refractivity contribution in [3.8, 4) is 11.8 Å². The first kappa shape index (κ1) is 14.8. The molecule has 0 aliphatic carbocycles. The predicted octanol–water partition coefficient (Wildman–Crippen LogP) is 2.57. The van der Waals surface area contributed by atoms with Gasteiger partial charge in [-0.1, -0.05) is 48.2 Å². The van der Waals surface area contributed by atoms with E-state index in [2.05, 4.69) is 17.2 Å². The molecule has 0 bridgehead atoms. The first-order valence-electron chi connectivity index (χ1n) is 6.83. The number of rotatable bonds is 5. The molecule has 0 amide bonds. The average Bonchev–Trinajstić information content (AvgIpc) is 2.52. The van der Waals surface area contributed by atoms with Gasteiger partial charge in [0.25, 0.3) is 0 Å². The van der Waals surface area contributed by atoms with E-state index in [9.17, 15) is 4.79 Å². The molecule has 2 N–H and O–H groups in total. The fourth-order valence-corrected chi connectivity index (χ4v) is 1.99. The lowest BCUT2D eigenvalue weighted by atomic mass is 10.0. The Morgan fingerprint density at radius 2 is 1.76 bits per heavy atom. The van der Waals surface area contributed by atoms with Crippen molar-refractivity contribution in [1.29, 1.82) is 0 Å². The van der Waals surface area contributed by atoms with E-state index in [-0.39, 0.29) is 0 Å². The fraction of sp³-hybridized carbons (Fsp3) is 0.167. The molecular formula is C18H17NO2. The SMILES string of the molecule is O=C(O)c1ccccc1CCNCC#Cc1ccccc1. The second kappa shape index (κ2) is 7.88. The predicted molar refractivity (Wildman–Crippen MR) is 83.3 cm³/mol. The number of aromatic carboxylic acids is 1. The van der Waals surface area contributed by atoms with Gasteiger partial charge in [-0.3, -0.25) is 0 Å². The highest BCUT2D eigenvalue weighted by Gasteiger charge is 2.07. The molecule has 2 rings (SSSR count). The Hall–Kier alpha value is -2.57. The van der Waals surface area contributed by atoms with E-state index in [1.54, 1.807) is 12.1 Å². The molecule has 0 aliphatic rings. The van der Waals surface area contributed by atoms with Gasteiger partial charge < -0.3 is 10.4 Å². The van der Waals surface area contributed by atoms with E-state index in [4.69, 9.17) is 5.11 Å². The van der Waals surface area contributed by atoms with Gasteiger partial charge in [0.2, 0.25) is 0 Å². The number of hydrogen-bond acceptors (Lipinski definition) is 2. The highest BCUT2D eigenvalue weighted by molar-refractivity contribution is 5.89. The van der Waals surface area contributed by atoms with E-state index in [0.717, 1.165) is 11.1 Å². The van der Waals surface area contributed by atoms with Crippen molar-refractivity contribution in [3.63, 3.8) is 0 Å². The molecule has 2 aromatic rings. The minimum absolute atomic E-state index is 0.370. The zero-order chi connectivity index (χ0) is 14.9. The van der Waals surface area contributed by atoms with E-state index < -0.39 is 5.97 Å². The van der Waals surface area contributed by atoms with Crippen molar-refractivity contribution in [2.75, 3.05) is 13.1 Å². The number of carboxylic acid groups (broad SMARTS) is 1. The highest BCUT2D eigenvalue weighted by Crippen LogP contribution is 2.08. The van der Waals surface area contributed by atoms with Crippen LogP contribution in [0, 0.1) is 11.8 Å². The van der Waals surface area contributed by atoms with Crippen molar-refractivity contribution in [1.82, 2.24) is 5.32 Å². The summed E-state index contributed by atoms with van der Waals surface area (Å²) in [4.78, 5) is 11.1. The summed E-state index contributed by atoms with van der Waals surface area (Å²) < 4.78 is 0. The van der Waals surface area contributed by atoms with E-state index in [1.807, 2.05) is 42.5 Å². The standard InChI is InChI=1S/C18H17NO2/c20-18(21)17-11-5-4-10-16(17)12-14-19-13-6-9-15-7-2-1-3-8-15/h1-5,7-8,10-11,19H,12-14H2,(H,20,21). The molecule has 0 saturated carbocycles. The first-order valence-corrected chi connectivity index (χ1v) is 6.83. The molecule has 3 heteroatoms. The quantitative estimate of drug-likeness (QED) is 0.653. The third-order valence-corrected chi connectivity index (χ3v) is 3.04. The molecule has 0 unspecified atom stereocenters. The topological polar surface area (TPSA) is 49.3 Å². The van der Waals surface area contributed by atoms with Crippen molar-refractivity contribution >= 4 is 5.97 Å².